The van der Waals surface area contributed by atoms with Gasteiger partial charge in [0.05, 0.1) is 0 Å². The molecule has 5 heteroatoms. The summed E-state index contributed by atoms with van der Waals surface area (Å²) in [7, 11) is 0. The first-order valence-electron chi connectivity index (χ1n) is 8.03. The fourth-order valence-electron chi connectivity index (χ4n) is 2.89. The van der Waals surface area contributed by atoms with Crippen LogP contribution in [0, 0.1) is 0 Å². The fourth-order valence-corrected chi connectivity index (χ4v) is 3.02. The van der Waals surface area contributed by atoms with Gasteiger partial charge in [-0.2, -0.15) is 0 Å². The zero-order chi connectivity index (χ0) is 16.9. The molecule has 1 N–H and O–H groups in total. The van der Waals surface area contributed by atoms with Gasteiger partial charge in [0.1, 0.15) is 6.42 Å². The Labute approximate surface area is 146 Å². The molecule has 2 aromatic rings. The van der Waals surface area contributed by atoms with Crippen LogP contribution in [0.25, 0.3) is 0 Å². The van der Waals surface area contributed by atoms with Crippen LogP contribution in [0.2, 0.25) is 5.02 Å². The first kappa shape index (κ1) is 16.5. The Kier molecular flexibility index (Phi) is 5.16. The topological polar surface area (TPSA) is 49.4 Å². The maximum absolute atomic E-state index is 12.3. The van der Waals surface area contributed by atoms with E-state index in [1.54, 1.807) is 4.90 Å². The van der Waals surface area contributed by atoms with Crippen molar-refractivity contribution in [2.45, 2.75) is 19.3 Å². The molecule has 3 rings (SSSR count). The number of fused-ring (bicyclic) bond motifs is 1. The van der Waals surface area contributed by atoms with E-state index in [-0.39, 0.29) is 18.2 Å². The van der Waals surface area contributed by atoms with Gasteiger partial charge in [-0.05, 0) is 42.2 Å². The molecule has 0 unspecified atom stereocenters. The summed E-state index contributed by atoms with van der Waals surface area (Å²) in [6, 6.07) is 15.3. The van der Waals surface area contributed by atoms with Gasteiger partial charge in [-0.15, -0.1) is 0 Å². The molecule has 1 aliphatic rings. The van der Waals surface area contributed by atoms with E-state index >= 15 is 0 Å². The molecule has 0 bridgehead atoms. The van der Waals surface area contributed by atoms with Gasteiger partial charge >= 0.3 is 0 Å². The van der Waals surface area contributed by atoms with Gasteiger partial charge in [-0.25, -0.2) is 0 Å². The van der Waals surface area contributed by atoms with Crippen molar-refractivity contribution < 1.29 is 9.59 Å². The van der Waals surface area contributed by atoms with E-state index in [1.807, 2.05) is 48.5 Å². The van der Waals surface area contributed by atoms with Crippen molar-refractivity contribution >= 4 is 29.1 Å². The van der Waals surface area contributed by atoms with Gasteiger partial charge in [0.25, 0.3) is 0 Å². The molecule has 1 heterocycles. The van der Waals surface area contributed by atoms with E-state index in [4.69, 9.17) is 11.6 Å². The lowest BCUT2D eigenvalue weighted by molar-refractivity contribution is -0.127. The van der Waals surface area contributed by atoms with Crippen LogP contribution in [0.15, 0.2) is 48.5 Å². The van der Waals surface area contributed by atoms with Gasteiger partial charge in [-0.3, -0.25) is 9.59 Å². The number of nitrogens with one attached hydrogen (secondary N) is 1. The molecule has 2 amide bonds. The molecule has 0 atom stereocenters. The molecule has 0 radical (unpaired) electrons. The molecule has 0 aliphatic carbocycles. The van der Waals surface area contributed by atoms with Crippen LogP contribution in [-0.4, -0.2) is 24.9 Å². The molecule has 0 aromatic heterocycles. The predicted molar refractivity (Wildman–Crippen MR) is 95.3 cm³/mol. The minimum atomic E-state index is -0.238. The smallest absolute Gasteiger partial charge is 0.236 e. The van der Waals surface area contributed by atoms with Crippen molar-refractivity contribution in [2.24, 2.45) is 0 Å². The highest BCUT2D eigenvalue weighted by Gasteiger charge is 2.25. The number of anilines is 1. The average Bonchev–Trinajstić information content (AvgIpc) is 3.01. The highest BCUT2D eigenvalue weighted by molar-refractivity contribution is 6.30. The number of rotatable bonds is 5. The summed E-state index contributed by atoms with van der Waals surface area (Å²) in [6.07, 6.45) is 1.44. The van der Waals surface area contributed by atoms with E-state index in [0.29, 0.717) is 24.5 Å². The normalized spacial score (nSPS) is 12.8. The molecular formula is C19H19ClN2O2. The van der Waals surface area contributed by atoms with Crippen LogP contribution in [-0.2, 0) is 22.4 Å². The predicted octanol–water partition coefficient (Wildman–Crippen LogP) is 2.98. The molecule has 0 spiro atoms. The minimum absolute atomic E-state index is 0.116. The lowest BCUT2D eigenvalue weighted by Crippen LogP contribution is -2.35. The van der Waals surface area contributed by atoms with Crippen molar-refractivity contribution in [1.29, 1.82) is 0 Å². The molecule has 0 saturated carbocycles. The highest BCUT2D eigenvalue weighted by atomic mass is 35.5. The molecule has 4 nitrogen and oxygen atoms in total. The quantitative estimate of drug-likeness (QED) is 0.849. The number of nitrogens with zero attached hydrogens (tertiary/aromatic N) is 1. The molecular weight excluding hydrogens is 324 g/mol. The Morgan fingerprint density at radius 1 is 1.08 bits per heavy atom. The summed E-state index contributed by atoms with van der Waals surface area (Å²) >= 11 is 5.84. The Morgan fingerprint density at radius 3 is 2.62 bits per heavy atom. The van der Waals surface area contributed by atoms with Gasteiger partial charge in [0.15, 0.2) is 0 Å². The molecule has 0 saturated heterocycles. The molecule has 2 aromatic carbocycles. The monoisotopic (exact) mass is 342 g/mol. The molecule has 24 heavy (non-hydrogen) atoms. The van der Waals surface area contributed by atoms with E-state index in [2.05, 4.69) is 5.32 Å². The van der Waals surface area contributed by atoms with Gasteiger partial charge in [0, 0.05) is 23.8 Å². The van der Waals surface area contributed by atoms with Gasteiger partial charge < -0.3 is 10.2 Å². The van der Waals surface area contributed by atoms with E-state index in [1.165, 1.54) is 0 Å². The minimum Gasteiger partial charge on any atom is -0.355 e. The Hall–Kier alpha value is -2.33. The number of amides is 2. The van der Waals surface area contributed by atoms with Crippen molar-refractivity contribution in [3.05, 3.63) is 64.7 Å². The molecule has 1 aliphatic heterocycles. The van der Waals surface area contributed by atoms with E-state index < -0.39 is 0 Å². The highest BCUT2D eigenvalue weighted by Crippen LogP contribution is 2.27. The third-order valence-electron chi connectivity index (χ3n) is 4.15. The van der Waals surface area contributed by atoms with Crippen molar-refractivity contribution in [3.8, 4) is 0 Å². The summed E-state index contributed by atoms with van der Waals surface area (Å²) in [5.74, 6) is -0.387. The number of halogens is 1. The number of hydrogen-bond donors (Lipinski definition) is 1. The van der Waals surface area contributed by atoms with Gasteiger partial charge in [-0.1, -0.05) is 41.9 Å². The number of carbonyl (C=O) groups is 2. The Bertz CT molecular complexity index is 743. The SMILES string of the molecule is O=C(CC(=O)N1CCc2ccccc21)NCCc1ccc(Cl)cc1. The van der Waals surface area contributed by atoms with Crippen LogP contribution in [0.1, 0.15) is 17.5 Å². The first-order valence-corrected chi connectivity index (χ1v) is 8.41. The lowest BCUT2D eigenvalue weighted by Gasteiger charge is -2.17. The first-order chi connectivity index (χ1) is 11.6. The van der Waals surface area contributed by atoms with E-state index in [9.17, 15) is 9.59 Å². The number of carbonyl (C=O) groups excluding carboxylic acids is 2. The zero-order valence-corrected chi connectivity index (χ0v) is 14.1. The van der Waals surface area contributed by atoms with Crippen molar-refractivity contribution in [3.63, 3.8) is 0 Å². The van der Waals surface area contributed by atoms with Crippen LogP contribution in [0.5, 0.6) is 0 Å². The van der Waals surface area contributed by atoms with Crippen LogP contribution in [0.4, 0.5) is 5.69 Å². The standard InChI is InChI=1S/C19H19ClN2O2/c20-16-7-5-14(6-8-16)9-11-21-18(23)13-19(24)22-12-10-15-3-1-2-4-17(15)22/h1-8H,9-13H2,(H,21,23). The second kappa shape index (κ2) is 7.49. The fraction of sp³-hybridized carbons (Fsp3) is 0.263. The number of benzene rings is 2. The maximum Gasteiger partial charge on any atom is 0.236 e. The number of para-hydroxylation sites is 1. The maximum atomic E-state index is 12.3. The summed E-state index contributed by atoms with van der Waals surface area (Å²) in [5.41, 5.74) is 3.19. The van der Waals surface area contributed by atoms with Crippen LogP contribution >= 0.6 is 11.6 Å². The summed E-state index contributed by atoms with van der Waals surface area (Å²) in [6.45, 7) is 1.15. The average molecular weight is 343 g/mol. The van der Waals surface area contributed by atoms with Crippen LogP contribution in [0.3, 0.4) is 0 Å². The van der Waals surface area contributed by atoms with Crippen molar-refractivity contribution in [1.82, 2.24) is 5.32 Å². The largest absolute Gasteiger partial charge is 0.355 e. The molecule has 0 fully saturated rings. The Balaban J connectivity index is 1.47. The van der Waals surface area contributed by atoms with Crippen LogP contribution < -0.4 is 10.2 Å². The third kappa shape index (κ3) is 3.95. The lowest BCUT2D eigenvalue weighted by atomic mass is 10.1. The summed E-state index contributed by atoms with van der Waals surface area (Å²) in [4.78, 5) is 26.0. The number of hydrogen-bond acceptors (Lipinski definition) is 2. The zero-order valence-electron chi connectivity index (χ0n) is 13.3. The van der Waals surface area contributed by atoms with Crippen molar-refractivity contribution in [2.75, 3.05) is 18.0 Å². The molecule has 124 valence electrons. The van der Waals surface area contributed by atoms with E-state index in [0.717, 1.165) is 23.2 Å². The second-order valence-electron chi connectivity index (χ2n) is 5.83. The Morgan fingerprint density at radius 2 is 1.83 bits per heavy atom. The third-order valence-corrected chi connectivity index (χ3v) is 4.40. The summed E-state index contributed by atoms with van der Waals surface area (Å²) < 4.78 is 0. The summed E-state index contributed by atoms with van der Waals surface area (Å²) in [5, 5.41) is 3.50. The van der Waals surface area contributed by atoms with Gasteiger partial charge in [0.2, 0.25) is 11.8 Å². The second-order valence-corrected chi connectivity index (χ2v) is 6.26.